The van der Waals surface area contributed by atoms with E-state index < -0.39 is 5.97 Å². The van der Waals surface area contributed by atoms with Gasteiger partial charge in [-0.15, -0.1) is 11.8 Å². The monoisotopic (exact) mass is 436 g/mol. The number of phenolic OH excluding ortho intramolecular Hbond substituents is 1. The zero-order valence-corrected chi connectivity index (χ0v) is 19.1. The van der Waals surface area contributed by atoms with Gasteiger partial charge in [-0.05, 0) is 77.9 Å². The van der Waals surface area contributed by atoms with Crippen molar-refractivity contribution in [1.82, 2.24) is 0 Å². The van der Waals surface area contributed by atoms with E-state index in [1.807, 2.05) is 50.2 Å². The average molecular weight is 437 g/mol. The maximum atomic E-state index is 10.9. The summed E-state index contributed by atoms with van der Waals surface area (Å²) in [6.07, 6.45) is 0. The number of ether oxygens (including phenoxy) is 1. The molecule has 162 valence electrons. The number of aromatic hydroxyl groups is 1. The molecule has 0 saturated carbocycles. The van der Waals surface area contributed by atoms with Gasteiger partial charge in [0, 0.05) is 4.90 Å². The van der Waals surface area contributed by atoms with Crippen LogP contribution in [0.1, 0.15) is 52.8 Å². The smallest absolute Gasteiger partial charge is 0.341 e. The number of thioether (sulfide) groups is 1. The van der Waals surface area contributed by atoms with Crippen molar-refractivity contribution >= 4 is 17.7 Å². The Morgan fingerprint density at radius 1 is 1.00 bits per heavy atom. The molecule has 31 heavy (non-hydrogen) atoms. The molecule has 3 aromatic carbocycles. The first kappa shape index (κ1) is 22.8. The van der Waals surface area contributed by atoms with E-state index in [4.69, 9.17) is 9.84 Å². The lowest BCUT2D eigenvalue weighted by Gasteiger charge is -2.24. The highest BCUT2D eigenvalue weighted by Gasteiger charge is 2.22. The topological polar surface area (TPSA) is 66.8 Å². The Bertz CT molecular complexity index is 1040. The number of aryl methyl sites for hydroxylation is 2. The third kappa shape index (κ3) is 5.61. The highest BCUT2D eigenvalue weighted by atomic mass is 32.2. The van der Waals surface area contributed by atoms with Crippen LogP contribution in [-0.2, 0) is 4.79 Å². The molecule has 0 aliphatic rings. The quantitative estimate of drug-likeness (QED) is 0.396. The Kier molecular flexibility index (Phi) is 7.29. The summed E-state index contributed by atoms with van der Waals surface area (Å²) in [6.45, 7) is 7.83. The number of carboxylic acids is 1. The van der Waals surface area contributed by atoms with Gasteiger partial charge < -0.3 is 14.9 Å². The molecule has 3 rings (SSSR count). The van der Waals surface area contributed by atoms with Gasteiger partial charge in [0.25, 0.3) is 0 Å². The first-order chi connectivity index (χ1) is 14.8. The zero-order chi connectivity index (χ0) is 22.5. The molecule has 4 nitrogen and oxygen atoms in total. The van der Waals surface area contributed by atoms with Crippen LogP contribution in [-0.4, -0.2) is 22.8 Å². The van der Waals surface area contributed by atoms with Gasteiger partial charge in [0.15, 0.2) is 6.61 Å². The molecule has 0 heterocycles. The van der Waals surface area contributed by atoms with Gasteiger partial charge in [-0.1, -0.05) is 44.2 Å². The van der Waals surface area contributed by atoms with Crippen LogP contribution in [0.2, 0.25) is 0 Å². The summed E-state index contributed by atoms with van der Waals surface area (Å²) >= 11 is 1.76. The third-order valence-electron chi connectivity index (χ3n) is 5.17. The predicted octanol–water partition coefficient (Wildman–Crippen LogP) is 6.48. The Morgan fingerprint density at radius 2 is 1.65 bits per heavy atom. The maximum Gasteiger partial charge on any atom is 0.341 e. The molecule has 5 heteroatoms. The molecule has 1 unspecified atom stereocenters. The summed E-state index contributed by atoms with van der Waals surface area (Å²) in [7, 11) is 0. The Labute approximate surface area is 187 Å². The lowest BCUT2D eigenvalue weighted by atomic mass is 9.92. The minimum absolute atomic E-state index is 0.00836. The van der Waals surface area contributed by atoms with Crippen molar-refractivity contribution in [3.63, 3.8) is 0 Å². The van der Waals surface area contributed by atoms with Crippen LogP contribution >= 0.6 is 11.8 Å². The predicted molar refractivity (Wildman–Crippen MR) is 125 cm³/mol. The van der Waals surface area contributed by atoms with Crippen LogP contribution in [0.4, 0.5) is 0 Å². The zero-order valence-electron chi connectivity index (χ0n) is 18.3. The Hall–Kier alpha value is -2.92. The molecule has 1 atom stereocenters. The normalized spacial score (nSPS) is 12.0. The number of aliphatic carboxylic acids is 1. The fourth-order valence-electron chi connectivity index (χ4n) is 3.70. The van der Waals surface area contributed by atoms with Crippen LogP contribution in [0.15, 0.2) is 65.6 Å². The van der Waals surface area contributed by atoms with Crippen molar-refractivity contribution in [3.05, 3.63) is 88.5 Å². The molecule has 0 aromatic heterocycles. The lowest BCUT2D eigenvalue weighted by Crippen LogP contribution is -2.10. The second-order valence-electron chi connectivity index (χ2n) is 7.94. The molecule has 0 radical (unpaired) electrons. The number of benzene rings is 3. The Morgan fingerprint density at radius 3 is 2.23 bits per heavy atom. The first-order valence-electron chi connectivity index (χ1n) is 10.3. The number of hydrogen-bond acceptors (Lipinski definition) is 4. The van der Waals surface area contributed by atoms with E-state index in [0.29, 0.717) is 11.5 Å². The summed E-state index contributed by atoms with van der Waals surface area (Å²) in [6, 6.07) is 19.9. The van der Waals surface area contributed by atoms with Gasteiger partial charge >= 0.3 is 5.97 Å². The SMILES string of the molecule is Cc1cc(OCC(=O)O)cc(C)c1C(Sc1ccccc1)c1ccc(O)c(C(C)C)c1. The molecule has 3 aromatic rings. The molecular formula is C26H28O4S. The van der Waals surface area contributed by atoms with Crippen LogP contribution in [0.3, 0.4) is 0 Å². The van der Waals surface area contributed by atoms with Gasteiger partial charge in [-0.2, -0.15) is 0 Å². The first-order valence-corrected chi connectivity index (χ1v) is 11.1. The van der Waals surface area contributed by atoms with E-state index in [0.717, 1.165) is 32.7 Å². The van der Waals surface area contributed by atoms with Crippen molar-refractivity contribution in [1.29, 1.82) is 0 Å². The van der Waals surface area contributed by atoms with E-state index in [1.54, 1.807) is 17.8 Å². The second kappa shape index (κ2) is 9.92. The molecule has 0 spiro atoms. The van der Waals surface area contributed by atoms with E-state index in [1.165, 1.54) is 0 Å². The molecule has 0 aliphatic heterocycles. The number of phenols is 1. The fraction of sp³-hybridized carbons (Fsp3) is 0.269. The fourth-order valence-corrected chi connectivity index (χ4v) is 5.06. The molecule has 0 aliphatic carbocycles. The standard InChI is InChI=1S/C26H28O4S/c1-16(2)22-14-19(10-11-23(22)27)26(31-21-8-6-5-7-9-21)25-17(3)12-20(13-18(25)4)30-15-24(28)29/h5-14,16,26-27H,15H2,1-4H3,(H,28,29). The minimum atomic E-state index is -0.998. The highest BCUT2D eigenvalue weighted by molar-refractivity contribution is 7.99. The van der Waals surface area contributed by atoms with E-state index >= 15 is 0 Å². The van der Waals surface area contributed by atoms with Crippen molar-refractivity contribution in [2.75, 3.05) is 6.61 Å². The number of hydrogen-bond donors (Lipinski definition) is 2. The Balaban J connectivity index is 2.09. The molecule has 0 fully saturated rings. The van der Waals surface area contributed by atoms with Crippen LogP contribution in [0, 0.1) is 13.8 Å². The third-order valence-corrected chi connectivity index (χ3v) is 6.45. The minimum Gasteiger partial charge on any atom is -0.508 e. The van der Waals surface area contributed by atoms with Crippen molar-refractivity contribution < 1.29 is 19.7 Å². The highest BCUT2D eigenvalue weighted by Crippen LogP contribution is 2.45. The van der Waals surface area contributed by atoms with Gasteiger partial charge in [-0.25, -0.2) is 4.79 Å². The van der Waals surface area contributed by atoms with Crippen molar-refractivity contribution in [2.24, 2.45) is 0 Å². The van der Waals surface area contributed by atoms with Gasteiger partial charge in [0.05, 0.1) is 5.25 Å². The molecular weight excluding hydrogens is 408 g/mol. The maximum absolute atomic E-state index is 10.9. The van der Waals surface area contributed by atoms with Crippen LogP contribution in [0.5, 0.6) is 11.5 Å². The molecule has 2 N–H and O–H groups in total. The number of rotatable bonds is 8. The van der Waals surface area contributed by atoms with Crippen molar-refractivity contribution in [3.8, 4) is 11.5 Å². The number of carbonyl (C=O) groups is 1. The van der Waals surface area contributed by atoms with E-state index in [-0.39, 0.29) is 17.8 Å². The molecule has 0 amide bonds. The second-order valence-corrected chi connectivity index (χ2v) is 9.12. The lowest BCUT2D eigenvalue weighted by molar-refractivity contribution is -0.139. The van der Waals surface area contributed by atoms with Gasteiger partial charge in [0.1, 0.15) is 11.5 Å². The molecule has 0 saturated heterocycles. The molecule has 0 bridgehead atoms. The average Bonchev–Trinajstić information content (AvgIpc) is 2.72. The van der Waals surface area contributed by atoms with Crippen LogP contribution < -0.4 is 4.74 Å². The largest absolute Gasteiger partial charge is 0.508 e. The van der Waals surface area contributed by atoms with E-state index in [9.17, 15) is 9.90 Å². The van der Waals surface area contributed by atoms with E-state index in [2.05, 4.69) is 32.0 Å². The van der Waals surface area contributed by atoms with Crippen molar-refractivity contribution in [2.45, 2.75) is 43.8 Å². The number of carboxylic acid groups (broad SMARTS) is 1. The van der Waals surface area contributed by atoms with Gasteiger partial charge in [0.2, 0.25) is 0 Å². The van der Waals surface area contributed by atoms with Gasteiger partial charge in [-0.3, -0.25) is 0 Å². The van der Waals surface area contributed by atoms with Crippen LogP contribution in [0.25, 0.3) is 0 Å². The summed E-state index contributed by atoms with van der Waals surface area (Å²) in [5.41, 5.74) is 5.27. The summed E-state index contributed by atoms with van der Waals surface area (Å²) in [5.74, 6) is 0.0739. The summed E-state index contributed by atoms with van der Waals surface area (Å²) in [5, 5.41) is 19.2. The summed E-state index contributed by atoms with van der Waals surface area (Å²) in [4.78, 5) is 12.0. The summed E-state index contributed by atoms with van der Waals surface area (Å²) < 4.78 is 5.41.